The highest BCUT2D eigenvalue weighted by atomic mass is 19.1. The molecule has 0 saturated carbocycles. The minimum Gasteiger partial charge on any atom is -0.341 e. The number of nitrogens with zero attached hydrogens (tertiary/aromatic N) is 3. The molecule has 3 nitrogen and oxygen atoms in total. The van der Waals surface area contributed by atoms with E-state index >= 15 is 0 Å². The average Bonchev–Trinajstić information content (AvgIpc) is 2.68. The van der Waals surface area contributed by atoms with E-state index in [9.17, 15) is 4.39 Å². The first-order valence-electron chi connectivity index (χ1n) is 5.39. The third-order valence-electron chi connectivity index (χ3n) is 3.06. The third kappa shape index (κ3) is 2.25. The first kappa shape index (κ1) is 10.3. The maximum absolute atomic E-state index is 12.6. The Morgan fingerprint density at radius 1 is 1.40 bits per heavy atom. The Morgan fingerprint density at radius 3 is 2.60 bits per heavy atom. The molecular formula is C11H16FN3. The molecule has 82 valence electrons. The van der Waals surface area contributed by atoms with Crippen LogP contribution in [-0.4, -0.2) is 23.1 Å². The maximum Gasteiger partial charge on any atom is 0.225 e. The molecule has 1 aromatic heterocycles. The molecule has 1 fully saturated rings. The van der Waals surface area contributed by atoms with Crippen molar-refractivity contribution in [2.45, 2.75) is 20.3 Å². The normalized spacial score (nSPS) is 21.3. The first-order valence-corrected chi connectivity index (χ1v) is 5.39. The summed E-state index contributed by atoms with van der Waals surface area (Å²) in [6.07, 6.45) is 3.63. The number of halogens is 1. The summed E-state index contributed by atoms with van der Waals surface area (Å²) in [5.74, 6) is 1.67. The fourth-order valence-corrected chi connectivity index (χ4v) is 1.98. The van der Waals surface area contributed by atoms with Crippen molar-refractivity contribution in [3.63, 3.8) is 0 Å². The summed E-state index contributed by atoms with van der Waals surface area (Å²) < 4.78 is 12.6. The van der Waals surface area contributed by atoms with Crippen LogP contribution < -0.4 is 4.90 Å². The lowest BCUT2D eigenvalue weighted by atomic mass is 9.95. The highest BCUT2D eigenvalue weighted by Gasteiger charge is 2.26. The predicted molar refractivity (Wildman–Crippen MR) is 57.1 cm³/mol. The Morgan fingerprint density at radius 2 is 2.07 bits per heavy atom. The van der Waals surface area contributed by atoms with Crippen molar-refractivity contribution in [2.75, 3.05) is 18.0 Å². The zero-order valence-corrected chi connectivity index (χ0v) is 9.15. The smallest absolute Gasteiger partial charge is 0.225 e. The van der Waals surface area contributed by atoms with Gasteiger partial charge in [-0.2, -0.15) is 0 Å². The standard InChI is InChI=1S/C11H16FN3/c1-8(2)9-3-4-15(7-9)11-13-5-10(12)6-14-11/h5-6,8-9H,3-4,7H2,1-2H3/t9-/m0/s1. The van der Waals surface area contributed by atoms with E-state index in [0.717, 1.165) is 13.1 Å². The fourth-order valence-electron chi connectivity index (χ4n) is 1.98. The van der Waals surface area contributed by atoms with Crippen LogP contribution in [0.4, 0.5) is 10.3 Å². The van der Waals surface area contributed by atoms with Gasteiger partial charge in [-0.05, 0) is 18.3 Å². The zero-order valence-electron chi connectivity index (χ0n) is 9.15. The van der Waals surface area contributed by atoms with Gasteiger partial charge in [-0.15, -0.1) is 0 Å². The number of hydrogen-bond acceptors (Lipinski definition) is 3. The van der Waals surface area contributed by atoms with Crippen LogP contribution in [0.25, 0.3) is 0 Å². The van der Waals surface area contributed by atoms with Crippen molar-refractivity contribution in [3.05, 3.63) is 18.2 Å². The number of anilines is 1. The Kier molecular flexibility index (Phi) is 2.84. The Hall–Kier alpha value is -1.19. The van der Waals surface area contributed by atoms with Gasteiger partial charge in [-0.25, -0.2) is 14.4 Å². The molecule has 0 bridgehead atoms. The lowest BCUT2D eigenvalue weighted by molar-refractivity contribution is 0.422. The van der Waals surface area contributed by atoms with E-state index in [4.69, 9.17) is 0 Å². The summed E-state index contributed by atoms with van der Waals surface area (Å²) in [6.45, 7) is 6.44. The van der Waals surface area contributed by atoms with Crippen LogP contribution in [0.1, 0.15) is 20.3 Å². The van der Waals surface area contributed by atoms with Gasteiger partial charge in [0.25, 0.3) is 0 Å². The summed E-state index contributed by atoms with van der Waals surface area (Å²) in [4.78, 5) is 10.1. The molecule has 15 heavy (non-hydrogen) atoms. The van der Waals surface area contributed by atoms with Gasteiger partial charge in [0, 0.05) is 13.1 Å². The molecule has 0 radical (unpaired) electrons. The quantitative estimate of drug-likeness (QED) is 0.747. The Bertz CT molecular complexity index is 323. The van der Waals surface area contributed by atoms with Gasteiger partial charge in [0.2, 0.25) is 5.95 Å². The van der Waals surface area contributed by atoms with E-state index in [1.807, 2.05) is 0 Å². The van der Waals surface area contributed by atoms with Crippen LogP contribution in [0, 0.1) is 17.7 Å². The number of aromatic nitrogens is 2. The van der Waals surface area contributed by atoms with Crippen LogP contribution in [0.2, 0.25) is 0 Å². The van der Waals surface area contributed by atoms with Crippen LogP contribution in [0.3, 0.4) is 0 Å². The first-order chi connectivity index (χ1) is 7.16. The molecule has 1 aromatic rings. The van der Waals surface area contributed by atoms with E-state index in [0.29, 0.717) is 17.8 Å². The molecule has 2 rings (SSSR count). The SMILES string of the molecule is CC(C)[C@H]1CCN(c2ncc(F)cn2)C1. The summed E-state index contributed by atoms with van der Waals surface area (Å²) in [7, 11) is 0. The summed E-state index contributed by atoms with van der Waals surface area (Å²) >= 11 is 0. The van der Waals surface area contributed by atoms with Crippen molar-refractivity contribution >= 4 is 5.95 Å². The van der Waals surface area contributed by atoms with Gasteiger partial charge < -0.3 is 4.90 Å². The van der Waals surface area contributed by atoms with E-state index < -0.39 is 0 Å². The van der Waals surface area contributed by atoms with Crippen molar-refractivity contribution in [3.8, 4) is 0 Å². The van der Waals surface area contributed by atoms with E-state index in [2.05, 4.69) is 28.7 Å². The Labute approximate surface area is 89.3 Å². The van der Waals surface area contributed by atoms with E-state index in [1.165, 1.54) is 18.8 Å². The topological polar surface area (TPSA) is 29.0 Å². The van der Waals surface area contributed by atoms with Crippen LogP contribution in [0.5, 0.6) is 0 Å². The fraction of sp³-hybridized carbons (Fsp3) is 0.636. The lowest BCUT2D eigenvalue weighted by Gasteiger charge is -2.17. The molecule has 0 N–H and O–H groups in total. The third-order valence-corrected chi connectivity index (χ3v) is 3.06. The number of hydrogen-bond donors (Lipinski definition) is 0. The van der Waals surface area contributed by atoms with Gasteiger partial charge in [-0.3, -0.25) is 0 Å². The van der Waals surface area contributed by atoms with Crippen molar-refractivity contribution in [1.29, 1.82) is 0 Å². The van der Waals surface area contributed by atoms with Crippen molar-refractivity contribution in [1.82, 2.24) is 9.97 Å². The van der Waals surface area contributed by atoms with Crippen LogP contribution >= 0.6 is 0 Å². The molecule has 4 heteroatoms. The second-order valence-corrected chi connectivity index (χ2v) is 4.44. The summed E-state index contributed by atoms with van der Waals surface area (Å²) in [5, 5.41) is 0. The molecule has 0 aliphatic carbocycles. The zero-order chi connectivity index (χ0) is 10.8. The van der Waals surface area contributed by atoms with Crippen LogP contribution in [0.15, 0.2) is 12.4 Å². The summed E-state index contributed by atoms with van der Waals surface area (Å²) in [6, 6.07) is 0. The second-order valence-electron chi connectivity index (χ2n) is 4.44. The van der Waals surface area contributed by atoms with Gasteiger partial charge in [0.1, 0.15) is 0 Å². The predicted octanol–water partition coefficient (Wildman–Crippen LogP) is 2.10. The Balaban J connectivity index is 2.04. The highest BCUT2D eigenvalue weighted by Crippen LogP contribution is 2.25. The minimum absolute atomic E-state index is 0.377. The van der Waals surface area contributed by atoms with Gasteiger partial charge in [0.05, 0.1) is 12.4 Å². The molecular weight excluding hydrogens is 193 g/mol. The van der Waals surface area contributed by atoms with E-state index in [-0.39, 0.29) is 5.82 Å². The van der Waals surface area contributed by atoms with Gasteiger partial charge in [0.15, 0.2) is 5.82 Å². The lowest BCUT2D eigenvalue weighted by Crippen LogP contribution is -2.23. The molecule has 0 amide bonds. The largest absolute Gasteiger partial charge is 0.341 e. The molecule has 1 saturated heterocycles. The highest BCUT2D eigenvalue weighted by molar-refractivity contribution is 5.30. The maximum atomic E-state index is 12.6. The van der Waals surface area contributed by atoms with Crippen molar-refractivity contribution in [2.24, 2.45) is 11.8 Å². The molecule has 1 aliphatic rings. The van der Waals surface area contributed by atoms with Crippen molar-refractivity contribution < 1.29 is 4.39 Å². The van der Waals surface area contributed by atoms with Gasteiger partial charge in [-0.1, -0.05) is 13.8 Å². The monoisotopic (exact) mass is 209 g/mol. The second kappa shape index (κ2) is 4.13. The molecule has 1 aliphatic heterocycles. The number of rotatable bonds is 2. The molecule has 2 heterocycles. The minimum atomic E-state index is -0.377. The van der Waals surface area contributed by atoms with Crippen LogP contribution in [-0.2, 0) is 0 Å². The summed E-state index contributed by atoms with van der Waals surface area (Å²) in [5.41, 5.74) is 0. The van der Waals surface area contributed by atoms with E-state index in [1.54, 1.807) is 0 Å². The van der Waals surface area contributed by atoms with Gasteiger partial charge >= 0.3 is 0 Å². The molecule has 0 aromatic carbocycles. The molecule has 0 unspecified atom stereocenters. The molecule has 0 spiro atoms. The average molecular weight is 209 g/mol. The molecule has 1 atom stereocenters.